The fourth-order valence-corrected chi connectivity index (χ4v) is 2.92. The van der Waals surface area contributed by atoms with Crippen LogP contribution in [0.25, 0.3) is 16.9 Å². The first-order chi connectivity index (χ1) is 13.7. The Morgan fingerprint density at radius 1 is 0.821 bits per heavy atom. The summed E-state index contributed by atoms with van der Waals surface area (Å²) in [6.45, 7) is -0.952. The van der Waals surface area contributed by atoms with Gasteiger partial charge in [-0.05, 0) is 24.3 Å². The van der Waals surface area contributed by atoms with Crippen LogP contribution < -0.4 is 23.7 Å². The summed E-state index contributed by atoms with van der Waals surface area (Å²) < 4.78 is 40.9. The molecule has 148 valence electrons. The molecule has 28 heavy (non-hydrogen) atoms. The van der Waals surface area contributed by atoms with E-state index in [9.17, 15) is 4.39 Å². The van der Waals surface area contributed by atoms with Gasteiger partial charge >= 0.3 is 0 Å². The standard InChI is InChI=1S/C20H21FN2O5/c1-24-16-6-5-13(9-17(16)28-12-21)15-7-8-22-23(15)14-10-18(25-2)20(27-4)19(11-14)26-3/h5-11H,12H2,1-4H3. The number of nitrogens with zero attached hydrogens (tertiary/aromatic N) is 2. The summed E-state index contributed by atoms with van der Waals surface area (Å²) >= 11 is 0. The van der Waals surface area contributed by atoms with E-state index >= 15 is 0 Å². The molecular weight excluding hydrogens is 367 g/mol. The van der Waals surface area contributed by atoms with E-state index in [1.807, 2.05) is 12.1 Å². The van der Waals surface area contributed by atoms with Crippen molar-refractivity contribution in [3.8, 4) is 45.7 Å². The third-order valence-corrected chi connectivity index (χ3v) is 4.21. The third kappa shape index (κ3) is 3.53. The van der Waals surface area contributed by atoms with Gasteiger partial charge in [0.1, 0.15) is 0 Å². The largest absolute Gasteiger partial charge is 0.493 e. The molecule has 3 rings (SSSR count). The lowest BCUT2D eigenvalue weighted by atomic mass is 10.1. The first-order valence-corrected chi connectivity index (χ1v) is 8.38. The lowest BCUT2D eigenvalue weighted by Crippen LogP contribution is -2.03. The number of rotatable bonds is 8. The molecule has 0 saturated carbocycles. The Morgan fingerprint density at radius 2 is 1.50 bits per heavy atom. The maximum atomic E-state index is 12.7. The van der Waals surface area contributed by atoms with E-state index in [0.717, 1.165) is 11.3 Å². The molecule has 0 unspecified atom stereocenters. The number of hydrogen-bond donors (Lipinski definition) is 0. The van der Waals surface area contributed by atoms with E-state index in [1.54, 1.807) is 56.5 Å². The number of methoxy groups -OCH3 is 4. The summed E-state index contributed by atoms with van der Waals surface area (Å²) in [5, 5.41) is 4.41. The van der Waals surface area contributed by atoms with Gasteiger partial charge in [0.05, 0.1) is 46.0 Å². The van der Waals surface area contributed by atoms with Crippen LogP contribution in [0.2, 0.25) is 0 Å². The van der Waals surface area contributed by atoms with Crippen LogP contribution in [0.15, 0.2) is 42.6 Å². The average molecular weight is 388 g/mol. The van der Waals surface area contributed by atoms with E-state index in [2.05, 4.69) is 5.10 Å². The van der Waals surface area contributed by atoms with Crippen molar-refractivity contribution in [2.45, 2.75) is 0 Å². The van der Waals surface area contributed by atoms with E-state index in [1.165, 1.54) is 7.11 Å². The smallest absolute Gasteiger partial charge is 0.228 e. The molecule has 1 aromatic heterocycles. The first kappa shape index (κ1) is 19.3. The molecule has 0 saturated heterocycles. The quantitative estimate of drug-likeness (QED) is 0.584. The van der Waals surface area contributed by atoms with Gasteiger partial charge < -0.3 is 23.7 Å². The molecule has 2 aromatic carbocycles. The summed E-state index contributed by atoms with van der Waals surface area (Å²) in [6, 6.07) is 10.7. The molecule has 7 nitrogen and oxygen atoms in total. The zero-order chi connectivity index (χ0) is 20.1. The molecule has 1 heterocycles. The van der Waals surface area contributed by atoms with Crippen LogP contribution >= 0.6 is 0 Å². The highest BCUT2D eigenvalue weighted by atomic mass is 19.1. The van der Waals surface area contributed by atoms with Crippen molar-refractivity contribution in [1.29, 1.82) is 0 Å². The first-order valence-electron chi connectivity index (χ1n) is 8.38. The zero-order valence-corrected chi connectivity index (χ0v) is 16.1. The molecule has 3 aromatic rings. The van der Waals surface area contributed by atoms with Crippen LogP contribution in [0.1, 0.15) is 0 Å². The molecule has 0 N–H and O–H groups in total. The Hall–Kier alpha value is -3.42. The zero-order valence-electron chi connectivity index (χ0n) is 16.1. The van der Waals surface area contributed by atoms with Crippen LogP contribution in [0.4, 0.5) is 4.39 Å². The van der Waals surface area contributed by atoms with Crippen LogP contribution in [0.5, 0.6) is 28.7 Å². The highest BCUT2D eigenvalue weighted by Crippen LogP contribution is 2.40. The second-order valence-corrected chi connectivity index (χ2v) is 5.63. The highest BCUT2D eigenvalue weighted by molar-refractivity contribution is 5.67. The third-order valence-electron chi connectivity index (χ3n) is 4.21. The lowest BCUT2D eigenvalue weighted by Gasteiger charge is -2.16. The van der Waals surface area contributed by atoms with Gasteiger partial charge in [-0.15, -0.1) is 0 Å². The number of benzene rings is 2. The Labute approximate surface area is 162 Å². The summed E-state index contributed by atoms with van der Waals surface area (Å²) in [4.78, 5) is 0. The fourth-order valence-electron chi connectivity index (χ4n) is 2.92. The van der Waals surface area contributed by atoms with Gasteiger partial charge in [0.2, 0.25) is 12.6 Å². The van der Waals surface area contributed by atoms with Gasteiger partial charge in [0.15, 0.2) is 23.0 Å². The monoisotopic (exact) mass is 388 g/mol. The number of alkyl halides is 1. The van der Waals surface area contributed by atoms with Crippen molar-refractivity contribution >= 4 is 0 Å². The van der Waals surface area contributed by atoms with Crippen LogP contribution in [-0.4, -0.2) is 45.1 Å². The minimum Gasteiger partial charge on any atom is -0.493 e. The number of halogens is 1. The van der Waals surface area contributed by atoms with Gasteiger partial charge in [0.25, 0.3) is 0 Å². The minimum absolute atomic E-state index is 0.306. The van der Waals surface area contributed by atoms with Gasteiger partial charge in [0, 0.05) is 17.7 Å². The van der Waals surface area contributed by atoms with Gasteiger partial charge in [-0.3, -0.25) is 0 Å². The molecule has 0 aliphatic heterocycles. The van der Waals surface area contributed by atoms with Crippen molar-refractivity contribution in [3.63, 3.8) is 0 Å². The molecule has 0 radical (unpaired) electrons. The SMILES string of the molecule is COc1ccc(-c2ccnn2-c2cc(OC)c(OC)c(OC)c2)cc1OCF. The van der Waals surface area contributed by atoms with Gasteiger partial charge in [-0.25, -0.2) is 9.07 Å². The predicted octanol–water partition coefficient (Wildman–Crippen LogP) is 3.88. The summed E-state index contributed by atoms with van der Waals surface area (Å²) in [5.41, 5.74) is 2.24. The van der Waals surface area contributed by atoms with Crippen molar-refractivity contribution < 1.29 is 28.1 Å². The molecule has 0 spiro atoms. The fraction of sp³-hybridized carbons (Fsp3) is 0.250. The van der Waals surface area contributed by atoms with E-state index in [4.69, 9.17) is 23.7 Å². The van der Waals surface area contributed by atoms with Crippen molar-refractivity contribution in [2.24, 2.45) is 0 Å². The summed E-state index contributed by atoms with van der Waals surface area (Å²) in [7, 11) is 6.15. The molecule has 0 aliphatic carbocycles. The van der Waals surface area contributed by atoms with Crippen LogP contribution in [0, 0.1) is 0 Å². The molecule has 0 bridgehead atoms. The topological polar surface area (TPSA) is 64.0 Å². The Kier molecular flexibility index (Phi) is 5.88. The van der Waals surface area contributed by atoms with Crippen molar-refractivity contribution in [1.82, 2.24) is 9.78 Å². The second kappa shape index (κ2) is 8.51. The molecule has 8 heteroatoms. The number of aromatic nitrogens is 2. The average Bonchev–Trinajstić information content (AvgIpc) is 3.22. The minimum atomic E-state index is -0.952. The number of ether oxygens (including phenoxy) is 5. The lowest BCUT2D eigenvalue weighted by molar-refractivity contribution is 0.185. The molecular formula is C20H21FN2O5. The predicted molar refractivity (Wildman–Crippen MR) is 102 cm³/mol. The highest BCUT2D eigenvalue weighted by Gasteiger charge is 2.17. The Balaban J connectivity index is 2.12. The molecule has 0 fully saturated rings. The summed E-state index contributed by atoms with van der Waals surface area (Å²) in [6.07, 6.45) is 1.67. The Morgan fingerprint density at radius 3 is 2.07 bits per heavy atom. The van der Waals surface area contributed by atoms with Gasteiger partial charge in [-0.1, -0.05) is 0 Å². The van der Waals surface area contributed by atoms with E-state index < -0.39 is 6.86 Å². The van der Waals surface area contributed by atoms with Crippen molar-refractivity contribution in [2.75, 3.05) is 35.3 Å². The normalized spacial score (nSPS) is 10.5. The number of hydrogen-bond acceptors (Lipinski definition) is 6. The van der Waals surface area contributed by atoms with Crippen LogP contribution in [-0.2, 0) is 0 Å². The maximum absolute atomic E-state index is 12.7. The van der Waals surface area contributed by atoms with Gasteiger partial charge in [-0.2, -0.15) is 5.10 Å². The molecule has 0 atom stereocenters. The maximum Gasteiger partial charge on any atom is 0.228 e. The Bertz CT molecular complexity index is 933. The van der Waals surface area contributed by atoms with E-state index in [0.29, 0.717) is 34.4 Å². The molecule has 0 aliphatic rings. The summed E-state index contributed by atoms with van der Waals surface area (Å²) in [5.74, 6) is 2.26. The molecule has 0 amide bonds. The van der Waals surface area contributed by atoms with Crippen LogP contribution in [0.3, 0.4) is 0 Å². The van der Waals surface area contributed by atoms with Crippen molar-refractivity contribution in [3.05, 3.63) is 42.6 Å². The second-order valence-electron chi connectivity index (χ2n) is 5.63. The van der Waals surface area contributed by atoms with E-state index in [-0.39, 0.29) is 0 Å².